The first-order chi connectivity index (χ1) is 10.5. The van der Waals surface area contributed by atoms with Crippen molar-refractivity contribution in [3.05, 3.63) is 47.2 Å². The van der Waals surface area contributed by atoms with E-state index < -0.39 is 5.97 Å². The van der Waals surface area contributed by atoms with E-state index in [1.54, 1.807) is 24.3 Å². The van der Waals surface area contributed by atoms with E-state index in [4.69, 9.17) is 27.6 Å². The van der Waals surface area contributed by atoms with Crippen LogP contribution in [0.5, 0.6) is 0 Å². The lowest BCUT2D eigenvalue weighted by atomic mass is 10.0. The second-order valence-corrected chi connectivity index (χ2v) is 4.79. The summed E-state index contributed by atoms with van der Waals surface area (Å²) in [5.41, 5.74) is 6.60. The Labute approximate surface area is 131 Å². The summed E-state index contributed by atoms with van der Waals surface area (Å²) in [6, 6.07) is 8.37. The number of hydrazine groups is 1. The number of nitrogens with two attached hydrogens (primary N) is 1. The standard InChI is InChI=1S/C14H14N4O3S/c1-8-6-9(13(19)20)2-4-11(8)12-5-3-10(21-12)7-16-18-14(22)17-15/h2-7H,15H2,1H3,(H,19,20)(H2,17,18,22). The minimum absolute atomic E-state index is 0.183. The van der Waals surface area contributed by atoms with Crippen molar-refractivity contribution in [2.24, 2.45) is 10.9 Å². The molecule has 0 radical (unpaired) electrons. The zero-order valence-electron chi connectivity index (χ0n) is 11.7. The third-order valence-electron chi connectivity index (χ3n) is 2.85. The molecule has 1 heterocycles. The molecular weight excluding hydrogens is 304 g/mol. The van der Waals surface area contributed by atoms with Gasteiger partial charge in [-0.1, -0.05) is 6.07 Å². The van der Waals surface area contributed by atoms with Crippen LogP contribution in [-0.4, -0.2) is 22.4 Å². The molecule has 0 aliphatic heterocycles. The van der Waals surface area contributed by atoms with Crippen LogP contribution in [0.15, 0.2) is 39.9 Å². The molecule has 8 heteroatoms. The number of aromatic carboxylic acids is 1. The lowest BCUT2D eigenvalue weighted by Gasteiger charge is -2.03. The molecule has 1 aromatic heterocycles. The van der Waals surface area contributed by atoms with E-state index >= 15 is 0 Å². The predicted molar refractivity (Wildman–Crippen MR) is 86.5 cm³/mol. The van der Waals surface area contributed by atoms with Crippen molar-refractivity contribution in [3.8, 4) is 11.3 Å². The fourth-order valence-electron chi connectivity index (χ4n) is 1.83. The number of hydrogen-bond acceptors (Lipinski definition) is 5. The van der Waals surface area contributed by atoms with Crippen molar-refractivity contribution in [1.82, 2.24) is 10.9 Å². The van der Waals surface area contributed by atoms with E-state index in [9.17, 15) is 4.79 Å². The molecule has 22 heavy (non-hydrogen) atoms. The van der Waals surface area contributed by atoms with Gasteiger partial charge in [-0.2, -0.15) is 5.10 Å². The number of hydrazone groups is 1. The number of hydrogen-bond donors (Lipinski definition) is 4. The zero-order valence-corrected chi connectivity index (χ0v) is 12.5. The lowest BCUT2D eigenvalue weighted by molar-refractivity contribution is 0.0697. The molecule has 7 nitrogen and oxygen atoms in total. The topological polar surface area (TPSA) is 113 Å². The van der Waals surface area contributed by atoms with Crippen LogP contribution in [0.1, 0.15) is 21.7 Å². The number of carbonyl (C=O) groups is 1. The molecule has 0 atom stereocenters. The maximum Gasteiger partial charge on any atom is 0.335 e. The van der Waals surface area contributed by atoms with Crippen LogP contribution in [0, 0.1) is 6.92 Å². The van der Waals surface area contributed by atoms with Gasteiger partial charge in [-0.05, 0) is 49.0 Å². The summed E-state index contributed by atoms with van der Waals surface area (Å²) < 4.78 is 5.63. The lowest BCUT2D eigenvalue weighted by Crippen LogP contribution is -2.37. The summed E-state index contributed by atoms with van der Waals surface area (Å²) >= 11 is 4.76. The number of furan rings is 1. The maximum absolute atomic E-state index is 10.9. The number of aryl methyl sites for hydroxylation is 1. The average molecular weight is 318 g/mol. The number of nitrogens with zero attached hydrogens (tertiary/aromatic N) is 1. The summed E-state index contributed by atoms with van der Waals surface area (Å²) in [6.45, 7) is 1.82. The molecule has 114 valence electrons. The molecule has 2 rings (SSSR count). The Morgan fingerprint density at radius 3 is 2.82 bits per heavy atom. The Bertz CT molecular complexity index is 739. The maximum atomic E-state index is 10.9. The number of thiocarbonyl (C=S) groups is 1. The molecule has 0 bridgehead atoms. The molecule has 0 saturated heterocycles. The monoisotopic (exact) mass is 318 g/mol. The second-order valence-electron chi connectivity index (χ2n) is 4.38. The molecule has 0 spiro atoms. The first-order valence-electron chi connectivity index (χ1n) is 6.25. The van der Waals surface area contributed by atoms with E-state index in [0.717, 1.165) is 11.1 Å². The van der Waals surface area contributed by atoms with E-state index in [1.807, 2.05) is 6.92 Å². The summed E-state index contributed by atoms with van der Waals surface area (Å²) in [5, 5.41) is 13.0. The molecule has 0 unspecified atom stereocenters. The van der Waals surface area contributed by atoms with Gasteiger partial charge >= 0.3 is 5.97 Å². The quantitative estimate of drug-likeness (QED) is 0.293. The Kier molecular flexibility index (Phi) is 4.87. The number of benzene rings is 1. The minimum Gasteiger partial charge on any atom is -0.478 e. The smallest absolute Gasteiger partial charge is 0.335 e. The fourth-order valence-corrected chi connectivity index (χ4v) is 1.88. The number of carboxylic acids is 1. The predicted octanol–water partition coefficient (Wildman–Crippen LogP) is 1.62. The van der Waals surface area contributed by atoms with Crippen LogP contribution in [0.2, 0.25) is 0 Å². The highest BCUT2D eigenvalue weighted by Crippen LogP contribution is 2.26. The molecule has 0 fully saturated rings. The zero-order chi connectivity index (χ0) is 16.1. The molecule has 0 aliphatic carbocycles. The van der Waals surface area contributed by atoms with Gasteiger partial charge in [-0.3, -0.25) is 10.9 Å². The van der Waals surface area contributed by atoms with Crippen LogP contribution < -0.4 is 16.7 Å². The normalized spacial score (nSPS) is 10.6. The summed E-state index contributed by atoms with van der Waals surface area (Å²) in [5.74, 6) is 5.27. The largest absolute Gasteiger partial charge is 0.478 e. The Hall–Kier alpha value is -2.71. The number of carboxylic acid groups (broad SMARTS) is 1. The van der Waals surface area contributed by atoms with Crippen molar-refractivity contribution in [1.29, 1.82) is 0 Å². The number of nitrogens with one attached hydrogen (secondary N) is 2. The van der Waals surface area contributed by atoms with Crippen LogP contribution >= 0.6 is 12.2 Å². The first-order valence-corrected chi connectivity index (χ1v) is 6.66. The van der Waals surface area contributed by atoms with Crippen molar-refractivity contribution in [2.45, 2.75) is 6.92 Å². The van der Waals surface area contributed by atoms with Gasteiger partial charge in [0.05, 0.1) is 11.8 Å². The third-order valence-corrected chi connectivity index (χ3v) is 3.06. The van der Waals surface area contributed by atoms with Crippen molar-refractivity contribution in [3.63, 3.8) is 0 Å². The van der Waals surface area contributed by atoms with Gasteiger partial charge < -0.3 is 9.52 Å². The van der Waals surface area contributed by atoms with E-state index in [2.05, 4.69) is 16.0 Å². The molecular formula is C14H14N4O3S. The highest BCUT2D eigenvalue weighted by Gasteiger charge is 2.10. The highest BCUT2D eigenvalue weighted by atomic mass is 32.1. The van der Waals surface area contributed by atoms with Crippen LogP contribution in [0.3, 0.4) is 0 Å². The van der Waals surface area contributed by atoms with Gasteiger partial charge in [0.15, 0.2) is 0 Å². The average Bonchev–Trinajstić information content (AvgIpc) is 2.95. The van der Waals surface area contributed by atoms with Crippen LogP contribution in [-0.2, 0) is 0 Å². The van der Waals surface area contributed by atoms with Gasteiger partial charge in [0, 0.05) is 5.56 Å². The minimum atomic E-state index is -0.961. The van der Waals surface area contributed by atoms with Crippen molar-refractivity contribution >= 4 is 29.5 Å². The first kappa shape index (κ1) is 15.7. The second kappa shape index (κ2) is 6.83. The Balaban J connectivity index is 2.18. The molecule has 0 amide bonds. The third kappa shape index (κ3) is 3.68. The van der Waals surface area contributed by atoms with Gasteiger partial charge in [0.25, 0.3) is 0 Å². The Morgan fingerprint density at radius 2 is 2.18 bits per heavy atom. The van der Waals surface area contributed by atoms with E-state index in [-0.39, 0.29) is 10.7 Å². The Morgan fingerprint density at radius 1 is 1.41 bits per heavy atom. The fraction of sp³-hybridized carbons (Fsp3) is 0.0714. The molecule has 1 aromatic carbocycles. The SMILES string of the molecule is Cc1cc(C(=O)O)ccc1-c1ccc(C=NNC(=S)NN)o1. The molecule has 5 N–H and O–H groups in total. The van der Waals surface area contributed by atoms with Gasteiger partial charge in [0.2, 0.25) is 5.11 Å². The van der Waals surface area contributed by atoms with Gasteiger partial charge in [-0.15, -0.1) is 0 Å². The van der Waals surface area contributed by atoms with Gasteiger partial charge in [0.1, 0.15) is 11.5 Å². The van der Waals surface area contributed by atoms with Crippen molar-refractivity contribution < 1.29 is 14.3 Å². The summed E-state index contributed by atoms with van der Waals surface area (Å²) in [6.07, 6.45) is 1.45. The van der Waals surface area contributed by atoms with E-state index in [1.165, 1.54) is 12.3 Å². The van der Waals surface area contributed by atoms with Crippen molar-refractivity contribution in [2.75, 3.05) is 0 Å². The molecule has 0 aliphatic rings. The van der Waals surface area contributed by atoms with Gasteiger partial charge in [-0.25, -0.2) is 10.6 Å². The molecule has 0 saturated carbocycles. The summed E-state index contributed by atoms with van der Waals surface area (Å²) in [7, 11) is 0. The van der Waals surface area contributed by atoms with Crippen LogP contribution in [0.25, 0.3) is 11.3 Å². The highest BCUT2D eigenvalue weighted by molar-refractivity contribution is 7.80. The van der Waals surface area contributed by atoms with Crippen LogP contribution in [0.4, 0.5) is 0 Å². The van der Waals surface area contributed by atoms with E-state index in [0.29, 0.717) is 11.5 Å². The summed E-state index contributed by atoms with van der Waals surface area (Å²) in [4.78, 5) is 10.9. The molecule has 2 aromatic rings. The number of rotatable bonds is 4.